The molecule has 0 saturated heterocycles. The standard InChI is InChI=1S/C15H9BrClNO/c16-10-3-1-9(2-4-10)13-8-15(19)12-6-5-11(17)7-14(12)18-13/h1-8H,(H,18,19). The highest BCUT2D eigenvalue weighted by atomic mass is 79.9. The Kier molecular flexibility index (Phi) is 3.17. The third kappa shape index (κ3) is 2.44. The van der Waals surface area contributed by atoms with Crippen LogP contribution < -0.4 is 5.43 Å². The van der Waals surface area contributed by atoms with Crippen LogP contribution in [-0.4, -0.2) is 4.98 Å². The zero-order valence-electron chi connectivity index (χ0n) is 9.78. The average molecular weight is 335 g/mol. The van der Waals surface area contributed by atoms with E-state index in [0.717, 1.165) is 21.2 Å². The van der Waals surface area contributed by atoms with Gasteiger partial charge >= 0.3 is 0 Å². The van der Waals surface area contributed by atoms with Gasteiger partial charge in [-0.15, -0.1) is 0 Å². The molecule has 0 aliphatic heterocycles. The number of pyridine rings is 1. The fraction of sp³-hybridized carbons (Fsp3) is 0. The summed E-state index contributed by atoms with van der Waals surface area (Å²) in [5, 5.41) is 1.25. The molecule has 0 spiro atoms. The van der Waals surface area contributed by atoms with Crippen LogP contribution >= 0.6 is 27.5 Å². The van der Waals surface area contributed by atoms with Gasteiger partial charge in [-0.2, -0.15) is 0 Å². The number of halogens is 2. The second kappa shape index (κ2) is 4.83. The van der Waals surface area contributed by atoms with Gasteiger partial charge in [-0.3, -0.25) is 4.79 Å². The van der Waals surface area contributed by atoms with E-state index in [1.165, 1.54) is 0 Å². The van der Waals surface area contributed by atoms with Crippen molar-refractivity contribution in [2.45, 2.75) is 0 Å². The van der Waals surface area contributed by atoms with E-state index in [1.807, 2.05) is 24.3 Å². The first-order chi connectivity index (χ1) is 9.13. The smallest absolute Gasteiger partial charge is 0.190 e. The largest absolute Gasteiger partial charge is 0.354 e. The molecule has 0 radical (unpaired) electrons. The lowest BCUT2D eigenvalue weighted by Gasteiger charge is -2.05. The lowest BCUT2D eigenvalue weighted by molar-refractivity contribution is 1.38. The zero-order valence-corrected chi connectivity index (χ0v) is 12.1. The fourth-order valence-electron chi connectivity index (χ4n) is 2.01. The van der Waals surface area contributed by atoms with Crippen molar-refractivity contribution in [3.8, 4) is 11.3 Å². The van der Waals surface area contributed by atoms with Crippen molar-refractivity contribution in [1.82, 2.24) is 4.98 Å². The summed E-state index contributed by atoms with van der Waals surface area (Å²) in [4.78, 5) is 15.3. The Labute approximate surface area is 123 Å². The highest BCUT2D eigenvalue weighted by molar-refractivity contribution is 9.10. The van der Waals surface area contributed by atoms with Crippen molar-refractivity contribution >= 4 is 38.4 Å². The van der Waals surface area contributed by atoms with Crippen LogP contribution in [0.2, 0.25) is 5.02 Å². The Morgan fingerprint density at radius 3 is 2.47 bits per heavy atom. The predicted molar refractivity (Wildman–Crippen MR) is 82.7 cm³/mol. The SMILES string of the molecule is O=c1cc(-c2ccc(Br)cc2)[nH]c2cc(Cl)ccc12. The Balaban J connectivity index is 2.25. The molecular weight excluding hydrogens is 326 g/mol. The first kappa shape index (κ1) is 12.5. The summed E-state index contributed by atoms with van der Waals surface area (Å²) >= 11 is 9.35. The third-order valence-electron chi connectivity index (χ3n) is 2.95. The molecule has 0 amide bonds. The second-order valence-corrected chi connectivity index (χ2v) is 5.60. The van der Waals surface area contributed by atoms with Crippen LogP contribution in [0.1, 0.15) is 0 Å². The van der Waals surface area contributed by atoms with Gasteiger partial charge < -0.3 is 4.98 Å². The summed E-state index contributed by atoms with van der Waals surface area (Å²) in [5.74, 6) is 0. The number of fused-ring (bicyclic) bond motifs is 1. The number of rotatable bonds is 1. The Bertz CT molecular complexity index is 808. The van der Waals surface area contributed by atoms with Crippen LogP contribution in [0, 0.1) is 0 Å². The van der Waals surface area contributed by atoms with Gasteiger partial charge in [0, 0.05) is 26.6 Å². The van der Waals surface area contributed by atoms with Gasteiger partial charge in [0.25, 0.3) is 0 Å². The lowest BCUT2D eigenvalue weighted by Crippen LogP contribution is -2.02. The van der Waals surface area contributed by atoms with Crippen molar-refractivity contribution < 1.29 is 0 Å². The van der Waals surface area contributed by atoms with Crippen molar-refractivity contribution in [3.05, 3.63) is 68.2 Å². The fourth-order valence-corrected chi connectivity index (χ4v) is 2.45. The number of aromatic nitrogens is 1. The van der Waals surface area contributed by atoms with Gasteiger partial charge in [0.1, 0.15) is 0 Å². The van der Waals surface area contributed by atoms with E-state index in [-0.39, 0.29) is 5.43 Å². The van der Waals surface area contributed by atoms with Crippen molar-refractivity contribution in [2.75, 3.05) is 0 Å². The first-order valence-electron chi connectivity index (χ1n) is 5.72. The molecule has 2 aromatic carbocycles. The van der Waals surface area contributed by atoms with E-state index < -0.39 is 0 Å². The maximum atomic E-state index is 12.1. The number of aromatic amines is 1. The van der Waals surface area contributed by atoms with E-state index in [1.54, 1.807) is 24.3 Å². The predicted octanol–water partition coefficient (Wildman–Crippen LogP) is 4.61. The number of hydrogen-bond acceptors (Lipinski definition) is 1. The molecule has 19 heavy (non-hydrogen) atoms. The molecule has 0 aliphatic rings. The summed E-state index contributed by atoms with van der Waals surface area (Å²) in [6.07, 6.45) is 0. The zero-order chi connectivity index (χ0) is 13.4. The minimum atomic E-state index is -0.0108. The molecule has 2 nitrogen and oxygen atoms in total. The quantitative estimate of drug-likeness (QED) is 0.692. The Hall–Kier alpha value is -1.58. The Morgan fingerprint density at radius 2 is 1.74 bits per heavy atom. The molecule has 0 saturated carbocycles. The maximum Gasteiger partial charge on any atom is 0.190 e. The molecule has 4 heteroatoms. The summed E-state index contributed by atoms with van der Waals surface area (Å²) in [6.45, 7) is 0. The normalized spacial score (nSPS) is 10.8. The minimum Gasteiger partial charge on any atom is -0.354 e. The summed E-state index contributed by atoms with van der Waals surface area (Å²) in [6, 6.07) is 14.6. The van der Waals surface area contributed by atoms with Crippen LogP contribution in [0.25, 0.3) is 22.2 Å². The van der Waals surface area contributed by atoms with Crippen molar-refractivity contribution in [2.24, 2.45) is 0 Å². The van der Waals surface area contributed by atoms with Crippen molar-refractivity contribution in [3.63, 3.8) is 0 Å². The molecule has 0 aliphatic carbocycles. The van der Waals surface area contributed by atoms with E-state index in [2.05, 4.69) is 20.9 Å². The monoisotopic (exact) mass is 333 g/mol. The van der Waals surface area contributed by atoms with E-state index in [4.69, 9.17) is 11.6 Å². The van der Waals surface area contributed by atoms with Crippen LogP contribution in [0.3, 0.4) is 0 Å². The van der Waals surface area contributed by atoms with Gasteiger partial charge in [0.2, 0.25) is 0 Å². The molecule has 1 N–H and O–H groups in total. The highest BCUT2D eigenvalue weighted by Crippen LogP contribution is 2.22. The van der Waals surface area contributed by atoms with Gasteiger partial charge in [-0.05, 0) is 35.9 Å². The van der Waals surface area contributed by atoms with Gasteiger partial charge in [0.05, 0.1) is 5.52 Å². The third-order valence-corrected chi connectivity index (χ3v) is 3.71. The van der Waals surface area contributed by atoms with Crippen LogP contribution in [-0.2, 0) is 0 Å². The lowest BCUT2D eigenvalue weighted by atomic mass is 10.1. The first-order valence-corrected chi connectivity index (χ1v) is 6.89. The number of hydrogen-bond donors (Lipinski definition) is 1. The molecule has 3 rings (SSSR count). The molecule has 0 atom stereocenters. The number of nitrogens with one attached hydrogen (secondary N) is 1. The highest BCUT2D eigenvalue weighted by Gasteiger charge is 2.04. The molecule has 3 aromatic rings. The minimum absolute atomic E-state index is 0.0108. The molecule has 94 valence electrons. The molecular formula is C15H9BrClNO. The van der Waals surface area contributed by atoms with Gasteiger partial charge in [0.15, 0.2) is 5.43 Å². The van der Waals surface area contributed by atoms with Crippen LogP contribution in [0.15, 0.2) is 57.8 Å². The van der Waals surface area contributed by atoms with E-state index >= 15 is 0 Å². The summed E-state index contributed by atoms with van der Waals surface area (Å²) in [7, 11) is 0. The summed E-state index contributed by atoms with van der Waals surface area (Å²) in [5.41, 5.74) is 2.48. The topological polar surface area (TPSA) is 32.9 Å². The van der Waals surface area contributed by atoms with Crippen LogP contribution in [0.5, 0.6) is 0 Å². The van der Waals surface area contributed by atoms with Gasteiger partial charge in [-0.25, -0.2) is 0 Å². The van der Waals surface area contributed by atoms with Gasteiger partial charge in [-0.1, -0.05) is 39.7 Å². The maximum absolute atomic E-state index is 12.1. The molecule has 0 bridgehead atoms. The number of H-pyrrole nitrogens is 1. The van der Waals surface area contributed by atoms with E-state index in [9.17, 15) is 4.79 Å². The molecule has 1 heterocycles. The molecule has 0 fully saturated rings. The second-order valence-electron chi connectivity index (χ2n) is 4.24. The summed E-state index contributed by atoms with van der Waals surface area (Å²) < 4.78 is 1.00. The van der Waals surface area contributed by atoms with Crippen molar-refractivity contribution in [1.29, 1.82) is 0 Å². The molecule has 0 unspecified atom stereocenters. The number of benzene rings is 2. The average Bonchev–Trinajstić information content (AvgIpc) is 2.38. The Morgan fingerprint density at radius 1 is 1.00 bits per heavy atom. The van der Waals surface area contributed by atoms with E-state index in [0.29, 0.717) is 10.4 Å². The molecule has 1 aromatic heterocycles. The van der Waals surface area contributed by atoms with Crippen LogP contribution in [0.4, 0.5) is 0 Å².